The van der Waals surface area contributed by atoms with E-state index in [1.54, 1.807) is 28.4 Å². The van der Waals surface area contributed by atoms with Gasteiger partial charge in [0.15, 0.2) is 23.0 Å². The second-order valence-corrected chi connectivity index (χ2v) is 10.7. The average Bonchev–Trinajstić information content (AvgIpc) is 2.97. The predicted octanol–water partition coefficient (Wildman–Crippen LogP) is 4.89. The van der Waals surface area contributed by atoms with Crippen LogP contribution in [0, 0.1) is 11.8 Å². The van der Waals surface area contributed by atoms with E-state index in [0.29, 0.717) is 35.6 Å². The molecule has 0 spiro atoms. The van der Waals surface area contributed by atoms with E-state index in [0.717, 1.165) is 43.5 Å². The minimum atomic E-state index is -0.00554. The van der Waals surface area contributed by atoms with Crippen LogP contribution in [0.25, 0.3) is 0 Å². The number of carbonyl (C=O) groups is 1. The third-order valence-corrected chi connectivity index (χ3v) is 8.50. The molecule has 0 radical (unpaired) electrons. The molecule has 4 atom stereocenters. The number of amides is 1. The van der Waals surface area contributed by atoms with Gasteiger partial charge in [-0.3, -0.25) is 9.69 Å². The van der Waals surface area contributed by atoms with Crippen molar-refractivity contribution in [3.63, 3.8) is 0 Å². The van der Waals surface area contributed by atoms with Crippen LogP contribution in [0.4, 0.5) is 0 Å². The summed E-state index contributed by atoms with van der Waals surface area (Å²) >= 11 is 0. The van der Waals surface area contributed by atoms with Gasteiger partial charge in [0.05, 0.1) is 35.0 Å². The zero-order valence-corrected chi connectivity index (χ0v) is 23.4. The number of carbonyl (C=O) groups excluding carboxylic acids is 1. The average molecular weight is 533 g/mol. The van der Waals surface area contributed by atoms with Crippen molar-refractivity contribution in [3.05, 3.63) is 71.3 Å². The fraction of sp³-hybridized carbons (Fsp3) is 0.469. The molecule has 208 valence electrons. The van der Waals surface area contributed by atoms with Crippen molar-refractivity contribution in [2.24, 2.45) is 11.8 Å². The maximum atomic E-state index is 13.5. The number of benzene rings is 2. The molecule has 1 heterocycles. The number of hydrogen-bond donors (Lipinski definition) is 1. The van der Waals surface area contributed by atoms with Gasteiger partial charge in [-0.25, -0.2) is 0 Å². The van der Waals surface area contributed by atoms with Crippen LogP contribution in [0.15, 0.2) is 54.6 Å². The van der Waals surface area contributed by atoms with Gasteiger partial charge >= 0.3 is 0 Å². The molecule has 1 amide bonds. The van der Waals surface area contributed by atoms with E-state index in [1.807, 2.05) is 12.1 Å². The molecule has 4 unspecified atom stereocenters. The van der Waals surface area contributed by atoms with Gasteiger partial charge in [0.1, 0.15) is 0 Å². The number of hydrogen-bond acceptors (Lipinski definition) is 6. The summed E-state index contributed by atoms with van der Waals surface area (Å²) < 4.78 is 22.3. The van der Waals surface area contributed by atoms with Crippen molar-refractivity contribution in [2.75, 3.05) is 41.5 Å². The van der Waals surface area contributed by atoms with Crippen LogP contribution in [-0.4, -0.2) is 58.4 Å². The van der Waals surface area contributed by atoms with Crippen molar-refractivity contribution in [2.45, 2.75) is 44.2 Å². The van der Waals surface area contributed by atoms with Crippen molar-refractivity contribution in [1.29, 1.82) is 0 Å². The number of ether oxygens (including phenoxy) is 4. The summed E-state index contributed by atoms with van der Waals surface area (Å²) in [5.41, 5.74) is 3.50. The van der Waals surface area contributed by atoms with Crippen LogP contribution in [-0.2, 0) is 17.6 Å². The topological polar surface area (TPSA) is 69.3 Å². The molecule has 0 aromatic heterocycles. The maximum Gasteiger partial charge on any atom is 0.234 e. The number of methoxy groups -OCH3 is 4. The molecule has 5 rings (SSSR count). The van der Waals surface area contributed by atoms with Gasteiger partial charge in [-0.15, -0.1) is 0 Å². The first kappa shape index (κ1) is 27.1. The van der Waals surface area contributed by atoms with E-state index < -0.39 is 0 Å². The number of fused-ring (bicyclic) bond motifs is 2. The third kappa shape index (κ3) is 5.78. The molecule has 1 saturated carbocycles. The number of nitrogens with zero attached hydrogens (tertiary/aromatic N) is 1. The van der Waals surface area contributed by atoms with Gasteiger partial charge in [-0.2, -0.15) is 0 Å². The van der Waals surface area contributed by atoms with Gasteiger partial charge in [0.25, 0.3) is 0 Å². The third-order valence-electron chi connectivity index (χ3n) is 8.50. The van der Waals surface area contributed by atoms with E-state index in [-0.39, 0.29) is 18.0 Å². The van der Waals surface area contributed by atoms with Crippen LogP contribution in [0.1, 0.15) is 42.0 Å². The van der Waals surface area contributed by atoms with Crippen LogP contribution in [0.2, 0.25) is 0 Å². The Bertz CT molecular complexity index is 1240. The first-order chi connectivity index (χ1) is 19.0. The van der Waals surface area contributed by atoms with Crippen molar-refractivity contribution in [1.82, 2.24) is 10.2 Å². The first-order valence-corrected chi connectivity index (χ1v) is 13.9. The number of allylic oxidation sites excluding steroid dienone is 3. The normalized spacial score (nSPS) is 23.9. The summed E-state index contributed by atoms with van der Waals surface area (Å²) in [6.07, 6.45) is 13.7. The molecule has 1 fully saturated rings. The summed E-state index contributed by atoms with van der Waals surface area (Å²) in [7, 11) is 6.62. The minimum absolute atomic E-state index is 0.00554. The molecule has 1 aliphatic heterocycles. The standard InChI is InChI=1S/C32H40N2O5/c1-36-28-13-12-21(17-29(28)37-2)16-27-25-19-31(39-4)30(38-3)18-23(25)14-15-34(27)20-32(35)33-26-11-7-9-22-8-5-6-10-24(22)26/h5-6,8,10,12-13,17-19,22,24,26-27H,7,9,11,14-16,20H2,1-4H3,(H,33,35). The van der Waals surface area contributed by atoms with Crippen LogP contribution >= 0.6 is 0 Å². The molecule has 1 N–H and O–H groups in total. The van der Waals surface area contributed by atoms with Crippen molar-refractivity contribution in [3.8, 4) is 23.0 Å². The SMILES string of the molecule is COc1ccc(CC2c3cc(OC)c(OC)cc3CCN2CC(=O)NC2CCCC3C=CC=CC32)cc1OC. The van der Waals surface area contributed by atoms with Crippen LogP contribution in [0.5, 0.6) is 23.0 Å². The Kier molecular flexibility index (Phi) is 8.46. The Morgan fingerprint density at radius 1 is 0.897 bits per heavy atom. The van der Waals surface area contributed by atoms with E-state index in [9.17, 15) is 4.79 Å². The van der Waals surface area contributed by atoms with E-state index in [1.165, 1.54) is 17.5 Å². The fourth-order valence-electron chi connectivity index (χ4n) is 6.50. The van der Waals surface area contributed by atoms with E-state index in [4.69, 9.17) is 18.9 Å². The smallest absolute Gasteiger partial charge is 0.234 e. The molecule has 7 nitrogen and oxygen atoms in total. The van der Waals surface area contributed by atoms with Gasteiger partial charge in [0, 0.05) is 24.5 Å². The molecular weight excluding hydrogens is 492 g/mol. The van der Waals surface area contributed by atoms with Gasteiger partial charge in [-0.05, 0) is 72.6 Å². The molecule has 2 aromatic carbocycles. The molecule has 2 aromatic rings. The second-order valence-electron chi connectivity index (χ2n) is 10.7. The largest absolute Gasteiger partial charge is 0.493 e. The predicted molar refractivity (Wildman–Crippen MR) is 152 cm³/mol. The highest BCUT2D eigenvalue weighted by Crippen LogP contribution is 2.40. The zero-order chi connectivity index (χ0) is 27.4. The fourth-order valence-corrected chi connectivity index (χ4v) is 6.50. The lowest BCUT2D eigenvalue weighted by Gasteiger charge is -2.39. The van der Waals surface area contributed by atoms with Gasteiger partial charge in [0.2, 0.25) is 5.91 Å². The Labute approximate surface area is 231 Å². The molecule has 3 aliphatic rings. The summed E-state index contributed by atoms with van der Waals surface area (Å²) in [6.45, 7) is 1.13. The van der Waals surface area contributed by atoms with E-state index in [2.05, 4.69) is 52.7 Å². The van der Waals surface area contributed by atoms with Crippen LogP contribution < -0.4 is 24.3 Å². The Balaban J connectivity index is 1.40. The van der Waals surface area contributed by atoms with Crippen molar-refractivity contribution < 1.29 is 23.7 Å². The Morgan fingerprint density at radius 3 is 2.38 bits per heavy atom. The summed E-state index contributed by atoms with van der Waals surface area (Å²) in [5.74, 6) is 3.82. The monoisotopic (exact) mass is 532 g/mol. The summed E-state index contributed by atoms with van der Waals surface area (Å²) in [5, 5.41) is 3.40. The summed E-state index contributed by atoms with van der Waals surface area (Å²) in [6, 6.07) is 10.4. The first-order valence-electron chi connectivity index (χ1n) is 13.9. The van der Waals surface area contributed by atoms with E-state index >= 15 is 0 Å². The Hall–Kier alpha value is -3.45. The highest BCUT2D eigenvalue weighted by Gasteiger charge is 2.34. The van der Waals surface area contributed by atoms with Crippen LogP contribution in [0.3, 0.4) is 0 Å². The lowest BCUT2D eigenvalue weighted by Crippen LogP contribution is -2.49. The number of nitrogens with one attached hydrogen (secondary N) is 1. The highest BCUT2D eigenvalue weighted by molar-refractivity contribution is 5.78. The summed E-state index contributed by atoms with van der Waals surface area (Å²) in [4.78, 5) is 15.8. The number of rotatable bonds is 9. The molecule has 7 heteroatoms. The maximum absolute atomic E-state index is 13.5. The lowest BCUT2D eigenvalue weighted by molar-refractivity contribution is -0.124. The van der Waals surface area contributed by atoms with Gasteiger partial charge in [-0.1, -0.05) is 36.8 Å². The van der Waals surface area contributed by atoms with Gasteiger partial charge < -0.3 is 24.3 Å². The minimum Gasteiger partial charge on any atom is -0.493 e. The molecular formula is C32H40N2O5. The quantitative estimate of drug-likeness (QED) is 0.496. The lowest BCUT2D eigenvalue weighted by atomic mass is 9.74. The molecule has 39 heavy (non-hydrogen) atoms. The molecule has 2 aliphatic carbocycles. The molecule has 0 bridgehead atoms. The highest BCUT2D eigenvalue weighted by atomic mass is 16.5. The van der Waals surface area contributed by atoms with Crippen molar-refractivity contribution >= 4 is 5.91 Å². The molecule has 0 saturated heterocycles. The zero-order valence-electron chi connectivity index (χ0n) is 23.4. The second kappa shape index (κ2) is 12.2. The Morgan fingerprint density at radius 2 is 1.62 bits per heavy atom.